The highest BCUT2D eigenvalue weighted by atomic mass is 35.5. The summed E-state index contributed by atoms with van der Waals surface area (Å²) < 4.78 is 4.58. The molecule has 0 unspecified atom stereocenters. The molecule has 0 aromatic heterocycles. The van der Waals surface area contributed by atoms with Gasteiger partial charge >= 0.3 is 5.97 Å². The van der Waals surface area contributed by atoms with Crippen molar-refractivity contribution in [2.24, 2.45) is 0 Å². The number of carbonyl (C=O) groups is 2. The lowest BCUT2D eigenvalue weighted by Gasteiger charge is -2.06. The molecular weight excluding hydrogens is 254 g/mol. The summed E-state index contributed by atoms with van der Waals surface area (Å²) in [7, 11) is 1.25. The van der Waals surface area contributed by atoms with E-state index >= 15 is 0 Å². The van der Waals surface area contributed by atoms with Crippen LogP contribution < -0.4 is 5.32 Å². The molecule has 0 heterocycles. The predicted molar refractivity (Wildman–Crippen MR) is 70.0 cm³/mol. The standard InChI is InChI=1S/C13H14ClNO3/c1-8-4-5-10(6-11(8)14)7-12(13(17)18-3)15-9(2)16/h4-7H,1-3H3,(H,15,16)/b12-7-. The number of amides is 1. The van der Waals surface area contributed by atoms with Crippen molar-refractivity contribution < 1.29 is 14.3 Å². The number of methoxy groups -OCH3 is 1. The fourth-order valence-corrected chi connectivity index (χ4v) is 1.50. The van der Waals surface area contributed by atoms with Gasteiger partial charge in [-0.1, -0.05) is 23.7 Å². The highest BCUT2D eigenvalue weighted by molar-refractivity contribution is 6.31. The number of ether oxygens (including phenoxy) is 1. The Balaban J connectivity index is 3.10. The Morgan fingerprint density at radius 3 is 2.56 bits per heavy atom. The number of carbonyl (C=O) groups excluding carboxylic acids is 2. The molecule has 5 heteroatoms. The Hall–Kier alpha value is -1.81. The van der Waals surface area contributed by atoms with Gasteiger partial charge in [-0.15, -0.1) is 0 Å². The molecular formula is C13H14ClNO3. The Bertz CT molecular complexity index is 509. The van der Waals surface area contributed by atoms with Crippen molar-refractivity contribution in [1.82, 2.24) is 5.32 Å². The van der Waals surface area contributed by atoms with Crippen LogP contribution in [0.25, 0.3) is 6.08 Å². The van der Waals surface area contributed by atoms with Crippen LogP contribution in [0.5, 0.6) is 0 Å². The van der Waals surface area contributed by atoms with E-state index in [4.69, 9.17) is 11.6 Å². The fraction of sp³-hybridized carbons (Fsp3) is 0.231. The van der Waals surface area contributed by atoms with E-state index in [0.29, 0.717) is 10.6 Å². The summed E-state index contributed by atoms with van der Waals surface area (Å²) in [5.74, 6) is -0.952. The number of aryl methyl sites for hydroxylation is 1. The summed E-state index contributed by atoms with van der Waals surface area (Å²) in [4.78, 5) is 22.5. The molecule has 0 bridgehead atoms. The molecule has 0 aliphatic carbocycles. The molecule has 1 rings (SSSR count). The first-order valence-corrected chi connectivity index (χ1v) is 5.65. The second-order valence-electron chi connectivity index (χ2n) is 3.74. The molecule has 0 radical (unpaired) electrons. The molecule has 0 aliphatic heterocycles. The minimum Gasteiger partial charge on any atom is -0.464 e. The van der Waals surface area contributed by atoms with Gasteiger partial charge in [0, 0.05) is 11.9 Å². The van der Waals surface area contributed by atoms with Gasteiger partial charge in [0.2, 0.25) is 5.91 Å². The first-order valence-electron chi connectivity index (χ1n) is 5.27. The van der Waals surface area contributed by atoms with Gasteiger partial charge in [0.25, 0.3) is 0 Å². The average Bonchev–Trinajstić information content (AvgIpc) is 2.31. The van der Waals surface area contributed by atoms with E-state index in [-0.39, 0.29) is 11.6 Å². The monoisotopic (exact) mass is 267 g/mol. The summed E-state index contributed by atoms with van der Waals surface area (Å²) in [5.41, 5.74) is 1.72. The first kappa shape index (κ1) is 14.3. The normalized spacial score (nSPS) is 11.0. The molecule has 96 valence electrons. The van der Waals surface area contributed by atoms with Gasteiger partial charge in [-0.2, -0.15) is 0 Å². The van der Waals surface area contributed by atoms with Gasteiger partial charge in [0.15, 0.2) is 0 Å². The van der Waals surface area contributed by atoms with Crippen molar-refractivity contribution in [3.8, 4) is 0 Å². The SMILES string of the molecule is COC(=O)/C(=C/c1ccc(C)c(Cl)c1)NC(C)=O. The largest absolute Gasteiger partial charge is 0.464 e. The summed E-state index contributed by atoms with van der Waals surface area (Å²) in [6.07, 6.45) is 1.51. The van der Waals surface area contributed by atoms with E-state index in [1.807, 2.05) is 13.0 Å². The number of hydrogen-bond donors (Lipinski definition) is 1. The molecule has 1 amide bonds. The lowest BCUT2D eigenvalue weighted by atomic mass is 10.1. The fourth-order valence-electron chi connectivity index (χ4n) is 1.31. The molecule has 4 nitrogen and oxygen atoms in total. The zero-order chi connectivity index (χ0) is 13.7. The minimum absolute atomic E-state index is 0.0740. The number of rotatable bonds is 3. The molecule has 0 fully saturated rings. The molecule has 1 N–H and O–H groups in total. The molecule has 0 saturated heterocycles. The van der Waals surface area contributed by atoms with Crippen LogP contribution in [0.4, 0.5) is 0 Å². The Kier molecular flexibility index (Phi) is 4.92. The van der Waals surface area contributed by atoms with E-state index in [2.05, 4.69) is 10.1 Å². The van der Waals surface area contributed by atoms with Gasteiger partial charge in [-0.05, 0) is 30.2 Å². The van der Waals surface area contributed by atoms with Crippen molar-refractivity contribution in [3.05, 3.63) is 40.0 Å². The van der Waals surface area contributed by atoms with Gasteiger partial charge in [0.1, 0.15) is 5.70 Å². The van der Waals surface area contributed by atoms with Crippen LogP contribution in [0.2, 0.25) is 5.02 Å². The predicted octanol–water partition coefficient (Wildman–Crippen LogP) is 2.30. The maximum atomic E-state index is 11.5. The molecule has 0 aliphatic rings. The molecule has 1 aromatic rings. The number of hydrogen-bond acceptors (Lipinski definition) is 3. The topological polar surface area (TPSA) is 55.4 Å². The second kappa shape index (κ2) is 6.21. The van der Waals surface area contributed by atoms with E-state index in [9.17, 15) is 9.59 Å². The third-order valence-corrected chi connectivity index (χ3v) is 2.63. The number of halogens is 1. The second-order valence-corrected chi connectivity index (χ2v) is 4.15. The van der Waals surface area contributed by atoms with Gasteiger partial charge < -0.3 is 10.1 Å². The van der Waals surface area contributed by atoms with Crippen LogP contribution in [0, 0.1) is 6.92 Å². The molecule has 1 aromatic carbocycles. The lowest BCUT2D eigenvalue weighted by molar-refractivity contribution is -0.137. The third kappa shape index (κ3) is 3.89. The molecule has 18 heavy (non-hydrogen) atoms. The van der Waals surface area contributed by atoms with Crippen molar-refractivity contribution in [3.63, 3.8) is 0 Å². The van der Waals surface area contributed by atoms with Crippen LogP contribution >= 0.6 is 11.6 Å². The lowest BCUT2D eigenvalue weighted by Crippen LogP contribution is -2.25. The summed E-state index contributed by atoms with van der Waals surface area (Å²) >= 11 is 5.98. The van der Waals surface area contributed by atoms with Crippen LogP contribution in [-0.2, 0) is 14.3 Å². The number of esters is 1. The van der Waals surface area contributed by atoms with E-state index in [1.54, 1.807) is 12.1 Å². The van der Waals surface area contributed by atoms with Gasteiger partial charge in [-0.25, -0.2) is 4.79 Å². The van der Waals surface area contributed by atoms with Crippen molar-refractivity contribution in [1.29, 1.82) is 0 Å². The minimum atomic E-state index is -0.609. The number of nitrogens with one attached hydrogen (secondary N) is 1. The molecule has 0 spiro atoms. The quantitative estimate of drug-likeness (QED) is 0.675. The zero-order valence-corrected chi connectivity index (χ0v) is 11.2. The molecule has 0 saturated carbocycles. The summed E-state index contributed by atoms with van der Waals surface area (Å²) in [5, 5.41) is 3.01. The van der Waals surface area contributed by atoms with Gasteiger partial charge in [0.05, 0.1) is 7.11 Å². The van der Waals surface area contributed by atoms with E-state index in [0.717, 1.165) is 5.56 Å². The average molecular weight is 268 g/mol. The van der Waals surface area contributed by atoms with Crippen LogP contribution in [-0.4, -0.2) is 19.0 Å². The van der Waals surface area contributed by atoms with Gasteiger partial charge in [-0.3, -0.25) is 4.79 Å². The maximum Gasteiger partial charge on any atom is 0.354 e. The Morgan fingerprint density at radius 1 is 1.39 bits per heavy atom. The first-order chi connectivity index (χ1) is 8.43. The smallest absolute Gasteiger partial charge is 0.354 e. The summed E-state index contributed by atoms with van der Waals surface area (Å²) in [6.45, 7) is 3.20. The highest BCUT2D eigenvalue weighted by Gasteiger charge is 2.11. The van der Waals surface area contributed by atoms with Crippen LogP contribution in [0.15, 0.2) is 23.9 Å². The van der Waals surface area contributed by atoms with Crippen molar-refractivity contribution in [2.45, 2.75) is 13.8 Å². The molecule has 0 atom stereocenters. The van der Waals surface area contributed by atoms with Crippen LogP contribution in [0.3, 0.4) is 0 Å². The van der Waals surface area contributed by atoms with E-state index in [1.165, 1.54) is 20.1 Å². The maximum absolute atomic E-state index is 11.5. The van der Waals surface area contributed by atoms with Crippen LogP contribution in [0.1, 0.15) is 18.1 Å². The van der Waals surface area contributed by atoms with Crippen molar-refractivity contribution in [2.75, 3.05) is 7.11 Å². The Morgan fingerprint density at radius 2 is 2.06 bits per heavy atom. The summed E-state index contributed by atoms with van der Waals surface area (Å²) in [6, 6.07) is 5.34. The number of benzene rings is 1. The Labute approximate surface area is 111 Å². The van der Waals surface area contributed by atoms with E-state index < -0.39 is 5.97 Å². The highest BCUT2D eigenvalue weighted by Crippen LogP contribution is 2.18. The van der Waals surface area contributed by atoms with Crippen molar-refractivity contribution >= 4 is 29.6 Å². The zero-order valence-electron chi connectivity index (χ0n) is 10.4. The third-order valence-electron chi connectivity index (χ3n) is 2.22.